The molecule has 2 rings (SSSR count). The normalized spacial score (nSPS) is 19.4. The minimum Gasteiger partial charge on any atom is -0.490 e. The van der Waals surface area contributed by atoms with E-state index < -0.39 is 12.2 Å². The fourth-order valence-corrected chi connectivity index (χ4v) is 2.73. The summed E-state index contributed by atoms with van der Waals surface area (Å²) in [6.45, 7) is 7.06. The van der Waals surface area contributed by atoms with Crippen LogP contribution in [0, 0.1) is 13.8 Å². The van der Waals surface area contributed by atoms with Crippen molar-refractivity contribution in [3.63, 3.8) is 0 Å². The lowest BCUT2D eigenvalue weighted by molar-refractivity contribution is -0.134. The van der Waals surface area contributed by atoms with Crippen molar-refractivity contribution in [1.82, 2.24) is 5.32 Å². The van der Waals surface area contributed by atoms with Gasteiger partial charge in [0.15, 0.2) is 0 Å². The highest BCUT2D eigenvalue weighted by molar-refractivity contribution is 5.80. The Morgan fingerprint density at radius 3 is 2.76 bits per heavy atom. The average molecular weight is 351 g/mol. The number of carbonyl (C=O) groups is 1. The van der Waals surface area contributed by atoms with E-state index in [9.17, 15) is 9.90 Å². The second-order valence-electron chi connectivity index (χ2n) is 6.54. The SMILES string of the molecule is Cc1cccc(C)c1OCC(O)CNC(=O)C(C)OCC1CCCO1. The Morgan fingerprint density at radius 2 is 2.12 bits per heavy atom. The van der Waals surface area contributed by atoms with Crippen molar-refractivity contribution in [2.24, 2.45) is 0 Å². The molecule has 3 unspecified atom stereocenters. The number of benzene rings is 1. The molecule has 6 nitrogen and oxygen atoms in total. The van der Waals surface area contributed by atoms with Gasteiger partial charge >= 0.3 is 0 Å². The number of aliphatic hydroxyl groups excluding tert-OH is 1. The molecule has 1 fully saturated rings. The number of nitrogens with one attached hydrogen (secondary N) is 1. The summed E-state index contributed by atoms with van der Waals surface area (Å²) in [7, 11) is 0. The zero-order valence-electron chi connectivity index (χ0n) is 15.3. The van der Waals surface area contributed by atoms with E-state index in [-0.39, 0.29) is 25.2 Å². The molecule has 1 aromatic carbocycles. The molecule has 0 spiro atoms. The fraction of sp³-hybridized carbons (Fsp3) is 0.632. The minimum absolute atomic E-state index is 0.0894. The van der Waals surface area contributed by atoms with Crippen molar-refractivity contribution in [3.8, 4) is 5.75 Å². The lowest BCUT2D eigenvalue weighted by Crippen LogP contribution is -2.41. The van der Waals surface area contributed by atoms with Crippen LogP contribution in [0.5, 0.6) is 5.75 Å². The molecule has 3 atom stereocenters. The summed E-state index contributed by atoms with van der Waals surface area (Å²) in [5.41, 5.74) is 2.04. The molecule has 25 heavy (non-hydrogen) atoms. The van der Waals surface area contributed by atoms with E-state index in [1.807, 2.05) is 32.0 Å². The van der Waals surface area contributed by atoms with Gasteiger partial charge in [0, 0.05) is 13.2 Å². The summed E-state index contributed by atoms with van der Waals surface area (Å²) in [5, 5.41) is 12.7. The molecular formula is C19H29NO5. The first-order valence-electron chi connectivity index (χ1n) is 8.85. The summed E-state index contributed by atoms with van der Waals surface area (Å²) in [6, 6.07) is 5.89. The molecule has 0 aliphatic carbocycles. The Bertz CT molecular complexity index is 536. The molecule has 2 N–H and O–H groups in total. The van der Waals surface area contributed by atoms with E-state index in [0.29, 0.717) is 6.61 Å². The maximum atomic E-state index is 12.0. The van der Waals surface area contributed by atoms with Gasteiger partial charge in [-0.2, -0.15) is 0 Å². The fourth-order valence-electron chi connectivity index (χ4n) is 2.73. The van der Waals surface area contributed by atoms with Crippen LogP contribution >= 0.6 is 0 Å². The third-order valence-electron chi connectivity index (χ3n) is 4.27. The molecule has 0 aromatic heterocycles. The quantitative estimate of drug-likeness (QED) is 0.709. The van der Waals surface area contributed by atoms with Gasteiger partial charge in [-0.15, -0.1) is 0 Å². The molecule has 1 aliphatic rings. The van der Waals surface area contributed by atoms with Crippen molar-refractivity contribution in [1.29, 1.82) is 0 Å². The third-order valence-corrected chi connectivity index (χ3v) is 4.27. The van der Waals surface area contributed by atoms with Crippen molar-refractivity contribution in [3.05, 3.63) is 29.3 Å². The maximum absolute atomic E-state index is 12.0. The first-order valence-corrected chi connectivity index (χ1v) is 8.85. The van der Waals surface area contributed by atoms with Crippen LogP contribution in [-0.4, -0.2) is 55.7 Å². The van der Waals surface area contributed by atoms with E-state index >= 15 is 0 Å². The highest BCUT2D eigenvalue weighted by Gasteiger charge is 2.20. The molecule has 1 aliphatic heterocycles. The van der Waals surface area contributed by atoms with Crippen LogP contribution in [0.25, 0.3) is 0 Å². The number of aliphatic hydroxyl groups is 1. The largest absolute Gasteiger partial charge is 0.490 e. The Balaban J connectivity index is 1.66. The molecule has 0 saturated carbocycles. The summed E-state index contributed by atoms with van der Waals surface area (Å²) in [5.74, 6) is 0.533. The van der Waals surface area contributed by atoms with Gasteiger partial charge in [0.25, 0.3) is 0 Å². The van der Waals surface area contributed by atoms with Gasteiger partial charge in [0.05, 0.1) is 12.7 Å². The summed E-state index contributed by atoms with van der Waals surface area (Å²) >= 11 is 0. The topological polar surface area (TPSA) is 77.0 Å². The number of ether oxygens (including phenoxy) is 3. The molecule has 6 heteroatoms. The number of amides is 1. The maximum Gasteiger partial charge on any atom is 0.248 e. The van der Waals surface area contributed by atoms with Gasteiger partial charge in [0.2, 0.25) is 5.91 Å². The molecule has 1 heterocycles. The summed E-state index contributed by atoms with van der Waals surface area (Å²) in [6.07, 6.45) is 0.750. The van der Waals surface area contributed by atoms with E-state index in [4.69, 9.17) is 14.2 Å². The first-order chi connectivity index (χ1) is 12.0. The van der Waals surface area contributed by atoms with Crippen LogP contribution in [0.4, 0.5) is 0 Å². The van der Waals surface area contributed by atoms with Crippen molar-refractivity contribution < 1.29 is 24.1 Å². The predicted molar refractivity (Wildman–Crippen MR) is 94.8 cm³/mol. The molecular weight excluding hydrogens is 322 g/mol. The van der Waals surface area contributed by atoms with E-state index in [0.717, 1.165) is 36.3 Å². The Hall–Kier alpha value is -1.63. The van der Waals surface area contributed by atoms with Gasteiger partial charge in [0.1, 0.15) is 24.6 Å². The number of rotatable bonds is 9. The van der Waals surface area contributed by atoms with Crippen LogP contribution in [-0.2, 0) is 14.3 Å². The number of carbonyl (C=O) groups excluding carboxylic acids is 1. The van der Waals surface area contributed by atoms with Crippen LogP contribution in [0.2, 0.25) is 0 Å². The van der Waals surface area contributed by atoms with Gasteiger partial charge < -0.3 is 24.6 Å². The van der Waals surface area contributed by atoms with Crippen molar-refractivity contribution >= 4 is 5.91 Å². The van der Waals surface area contributed by atoms with Crippen LogP contribution in [0.1, 0.15) is 30.9 Å². The summed E-state index contributed by atoms with van der Waals surface area (Å²) in [4.78, 5) is 12.0. The first kappa shape index (κ1) is 19.7. The standard InChI is InChI=1S/C19H29NO5/c1-13-6-4-7-14(2)18(13)25-11-16(21)10-20-19(22)15(3)24-12-17-8-5-9-23-17/h4,6-7,15-17,21H,5,8-12H2,1-3H3,(H,20,22). The van der Waals surface area contributed by atoms with Crippen molar-refractivity contribution in [2.45, 2.75) is 51.9 Å². The highest BCUT2D eigenvalue weighted by Crippen LogP contribution is 2.22. The van der Waals surface area contributed by atoms with E-state index in [1.54, 1.807) is 6.92 Å². The Morgan fingerprint density at radius 1 is 1.40 bits per heavy atom. The van der Waals surface area contributed by atoms with E-state index in [2.05, 4.69) is 5.32 Å². The third kappa shape index (κ3) is 6.30. The van der Waals surface area contributed by atoms with Crippen molar-refractivity contribution in [2.75, 3.05) is 26.4 Å². The Kier molecular flexibility index (Phi) is 7.68. The number of aryl methyl sites for hydroxylation is 2. The highest BCUT2D eigenvalue weighted by atomic mass is 16.5. The minimum atomic E-state index is -0.784. The van der Waals surface area contributed by atoms with Gasteiger partial charge in [-0.3, -0.25) is 4.79 Å². The van der Waals surface area contributed by atoms with Crippen LogP contribution in [0.15, 0.2) is 18.2 Å². The molecule has 1 saturated heterocycles. The number of hydrogen-bond acceptors (Lipinski definition) is 5. The lowest BCUT2D eigenvalue weighted by atomic mass is 10.1. The second-order valence-corrected chi connectivity index (χ2v) is 6.54. The monoisotopic (exact) mass is 351 g/mol. The number of para-hydroxylation sites is 1. The smallest absolute Gasteiger partial charge is 0.248 e. The van der Waals surface area contributed by atoms with Gasteiger partial charge in [-0.05, 0) is 44.7 Å². The molecule has 0 bridgehead atoms. The van der Waals surface area contributed by atoms with E-state index in [1.165, 1.54) is 0 Å². The van der Waals surface area contributed by atoms with Crippen LogP contribution in [0.3, 0.4) is 0 Å². The zero-order valence-corrected chi connectivity index (χ0v) is 15.3. The Labute approximate surface area is 149 Å². The second kappa shape index (κ2) is 9.75. The number of hydrogen-bond donors (Lipinski definition) is 2. The average Bonchev–Trinajstić information content (AvgIpc) is 3.10. The zero-order chi connectivity index (χ0) is 18.2. The molecule has 0 radical (unpaired) electrons. The van der Waals surface area contributed by atoms with Crippen LogP contribution < -0.4 is 10.1 Å². The van der Waals surface area contributed by atoms with Gasteiger partial charge in [-0.1, -0.05) is 18.2 Å². The predicted octanol–water partition coefficient (Wildman–Crippen LogP) is 1.74. The molecule has 1 aromatic rings. The summed E-state index contributed by atoms with van der Waals surface area (Å²) < 4.78 is 16.7. The lowest BCUT2D eigenvalue weighted by Gasteiger charge is -2.18. The molecule has 140 valence electrons. The van der Waals surface area contributed by atoms with Gasteiger partial charge in [-0.25, -0.2) is 0 Å². The molecule has 1 amide bonds.